The van der Waals surface area contributed by atoms with Gasteiger partial charge < -0.3 is 18.5 Å². The van der Waals surface area contributed by atoms with Crippen LogP contribution in [0.15, 0.2) is 50.6 Å². The number of ether oxygens (including phenoxy) is 2. The quantitative estimate of drug-likeness (QED) is 0.484. The average Bonchev–Trinajstić information content (AvgIpc) is 3.46. The predicted molar refractivity (Wildman–Crippen MR) is 118 cm³/mol. The number of hydrogen-bond acceptors (Lipinski definition) is 6. The minimum atomic E-state index is -0.528. The molecule has 0 saturated carbocycles. The lowest BCUT2D eigenvalue weighted by atomic mass is 10.2. The van der Waals surface area contributed by atoms with Gasteiger partial charge in [-0.2, -0.15) is 0 Å². The molecule has 3 heterocycles. The molecule has 9 heteroatoms. The largest absolute Gasteiger partial charge is 0.493 e. The molecule has 1 N–H and O–H groups in total. The molecule has 164 valence electrons. The Morgan fingerprint density at radius 2 is 1.94 bits per heavy atom. The second-order valence-electron chi connectivity index (χ2n) is 6.99. The van der Waals surface area contributed by atoms with Crippen molar-refractivity contribution in [3.8, 4) is 23.3 Å². The number of imidazole rings is 1. The predicted octanol–water partition coefficient (Wildman–Crippen LogP) is 2.53. The molecule has 0 aliphatic heterocycles. The molecule has 0 saturated heterocycles. The van der Waals surface area contributed by atoms with Gasteiger partial charge in [0, 0.05) is 12.1 Å². The average molecular weight is 434 g/mol. The summed E-state index contributed by atoms with van der Waals surface area (Å²) in [6.07, 6.45) is 1.56. The first-order valence-electron chi connectivity index (χ1n) is 10.0. The van der Waals surface area contributed by atoms with E-state index < -0.39 is 11.2 Å². The maximum Gasteiger partial charge on any atom is 0.330 e. The van der Waals surface area contributed by atoms with Gasteiger partial charge in [0.2, 0.25) is 0 Å². The Morgan fingerprint density at radius 1 is 1.16 bits per heavy atom. The Balaban J connectivity index is 1.95. The third-order valence-corrected chi connectivity index (χ3v) is 5.19. The highest BCUT2D eigenvalue weighted by molar-refractivity contribution is 5.72. The van der Waals surface area contributed by atoms with Crippen molar-refractivity contribution in [2.45, 2.75) is 26.4 Å². The van der Waals surface area contributed by atoms with Crippen molar-refractivity contribution in [2.24, 2.45) is 0 Å². The summed E-state index contributed by atoms with van der Waals surface area (Å²) in [5.74, 6) is 8.21. The monoisotopic (exact) mass is 434 g/mol. The fourth-order valence-corrected chi connectivity index (χ4v) is 3.60. The minimum Gasteiger partial charge on any atom is -0.493 e. The van der Waals surface area contributed by atoms with Crippen LogP contribution in [0.25, 0.3) is 11.2 Å². The molecule has 0 radical (unpaired) electrons. The van der Waals surface area contributed by atoms with E-state index >= 15 is 0 Å². The van der Waals surface area contributed by atoms with Gasteiger partial charge in [-0.25, -0.2) is 9.78 Å². The first-order valence-corrected chi connectivity index (χ1v) is 10.0. The zero-order valence-electron chi connectivity index (χ0n) is 18.1. The summed E-state index contributed by atoms with van der Waals surface area (Å²) >= 11 is 0. The van der Waals surface area contributed by atoms with E-state index in [9.17, 15) is 9.59 Å². The number of aromatic nitrogens is 4. The summed E-state index contributed by atoms with van der Waals surface area (Å²) in [4.78, 5) is 32.0. The summed E-state index contributed by atoms with van der Waals surface area (Å²) in [6, 6.07) is 8.51. The van der Waals surface area contributed by atoms with Gasteiger partial charge in [0.1, 0.15) is 5.76 Å². The number of hydrogen-bond donors (Lipinski definition) is 1. The molecule has 0 aliphatic carbocycles. The van der Waals surface area contributed by atoms with E-state index in [1.54, 1.807) is 49.3 Å². The van der Waals surface area contributed by atoms with Crippen LogP contribution in [0.1, 0.15) is 37.0 Å². The molecule has 3 aromatic heterocycles. The number of nitrogens with zero attached hydrogens (tertiary/aromatic N) is 3. The van der Waals surface area contributed by atoms with Crippen molar-refractivity contribution in [2.75, 3.05) is 14.2 Å². The summed E-state index contributed by atoms with van der Waals surface area (Å²) in [5, 5.41) is 0. The van der Waals surface area contributed by atoms with Crippen LogP contribution < -0.4 is 20.7 Å². The number of furan rings is 1. The number of nitrogens with one attached hydrogen (secondary N) is 1. The number of aromatic amines is 1. The first-order chi connectivity index (χ1) is 15.5. The zero-order chi connectivity index (χ0) is 22.8. The van der Waals surface area contributed by atoms with Crippen molar-refractivity contribution in [1.82, 2.24) is 19.1 Å². The summed E-state index contributed by atoms with van der Waals surface area (Å²) < 4.78 is 19.2. The number of rotatable bonds is 5. The topological polar surface area (TPSA) is 104 Å². The van der Waals surface area contributed by atoms with Gasteiger partial charge in [0.05, 0.1) is 26.5 Å². The molecule has 1 atom stereocenters. The smallest absolute Gasteiger partial charge is 0.330 e. The second-order valence-corrected chi connectivity index (χ2v) is 6.99. The second kappa shape index (κ2) is 8.51. The van der Waals surface area contributed by atoms with Crippen LogP contribution in [0.4, 0.5) is 0 Å². The highest BCUT2D eigenvalue weighted by Gasteiger charge is 2.23. The van der Waals surface area contributed by atoms with Gasteiger partial charge in [-0.15, -0.1) is 0 Å². The lowest BCUT2D eigenvalue weighted by Crippen LogP contribution is -2.31. The number of fused-ring (bicyclic) bond motifs is 1. The fraction of sp³-hybridized carbons (Fsp3) is 0.261. The van der Waals surface area contributed by atoms with Crippen LogP contribution in [-0.2, 0) is 6.54 Å². The van der Waals surface area contributed by atoms with Crippen LogP contribution in [-0.4, -0.2) is 33.3 Å². The van der Waals surface area contributed by atoms with Crippen LogP contribution in [0.5, 0.6) is 11.5 Å². The molecule has 4 aromatic rings. The lowest BCUT2D eigenvalue weighted by molar-refractivity contribution is 0.355. The number of benzene rings is 1. The van der Waals surface area contributed by atoms with Crippen LogP contribution >= 0.6 is 0 Å². The highest BCUT2D eigenvalue weighted by atomic mass is 16.5. The summed E-state index contributed by atoms with van der Waals surface area (Å²) in [5.41, 5.74) is 0.163. The minimum absolute atomic E-state index is 0.256. The van der Waals surface area contributed by atoms with E-state index in [-0.39, 0.29) is 17.2 Å². The van der Waals surface area contributed by atoms with Gasteiger partial charge in [-0.1, -0.05) is 5.92 Å². The third-order valence-electron chi connectivity index (χ3n) is 5.19. The molecular formula is C23H22N4O5. The van der Waals surface area contributed by atoms with Crippen LogP contribution in [0.3, 0.4) is 0 Å². The maximum absolute atomic E-state index is 12.8. The molecule has 1 aromatic carbocycles. The fourth-order valence-electron chi connectivity index (χ4n) is 3.60. The summed E-state index contributed by atoms with van der Waals surface area (Å²) in [6.45, 7) is 4.03. The Bertz CT molecular complexity index is 1450. The standard InChI is InChI=1S/C23H22N4O5/c1-5-26-21-20(22(28)25-23(26)29)27(14(2)16-7-6-12-32-16)19(24-21)11-9-15-8-10-17(30-3)18(13-15)31-4/h6-8,10,12-14H,5H2,1-4H3,(H,25,28,29). The van der Waals surface area contributed by atoms with Crippen LogP contribution in [0, 0.1) is 11.8 Å². The number of H-pyrrole nitrogens is 1. The van der Waals surface area contributed by atoms with E-state index in [0.29, 0.717) is 35.2 Å². The van der Waals surface area contributed by atoms with E-state index in [2.05, 4.69) is 21.8 Å². The van der Waals surface area contributed by atoms with Crippen molar-refractivity contribution >= 4 is 11.2 Å². The van der Waals surface area contributed by atoms with Crippen LogP contribution in [0.2, 0.25) is 0 Å². The molecule has 0 aliphatic rings. The first kappa shape index (κ1) is 21.1. The SMILES string of the molecule is CCn1c(=O)[nH]c(=O)c2c1nc(C#Cc1ccc(OC)c(OC)c1)n2C(C)c1ccco1. The molecule has 0 bridgehead atoms. The lowest BCUT2D eigenvalue weighted by Gasteiger charge is -2.13. The Morgan fingerprint density at radius 3 is 2.59 bits per heavy atom. The Kier molecular flexibility index (Phi) is 5.60. The van der Waals surface area contributed by atoms with Gasteiger partial charge in [0.15, 0.2) is 28.5 Å². The molecule has 1 unspecified atom stereocenters. The van der Waals surface area contributed by atoms with Gasteiger partial charge in [0.25, 0.3) is 5.56 Å². The number of methoxy groups -OCH3 is 2. The van der Waals surface area contributed by atoms with E-state index in [0.717, 1.165) is 0 Å². The molecular weight excluding hydrogens is 412 g/mol. The maximum atomic E-state index is 12.8. The van der Waals surface area contributed by atoms with Crippen molar-refractivity contribution in [1.29, 1.82) is 0 Å². The summed E-state index contributed by atoms with van der Waals surface area (Å²) in [7, 11) is 3.11. The van der Waals surface area contributed by atoms with E-state index in [1.165, 1.54) is 4.57 Å². The van der Waals surface area contributed by atoms with Gasteiger partial charge >= 0.3 is 5.69 Å². The highest BCUT2D eigenvalue weighted by Crippen LogP contribution is 2.27. The molecule has 0 fully saturated rings. The van der Waals surface area contributed by atoms with E-state index in [1.807, 2.05) is 19.9 Å². The van der Waals surface area contributed by atoms with E-state index in [4.69, 9.17) is 13.9 Å². The molecule has 0 amide bonds. The Hall–Kier alpha value is -4.19. The molecule has 4 rings (SSSR count). The molecule has 9 nitrogen and oxygen atoms in total. The number of aryl methyl sites for hydroxylation is 1. The van der Waals surface area contributed by atoms with Crippen molar-refractivity contribution in [3.05, 3.63) is 74.6 Å². The normalized spacial score (nSPS) is 11.8. The Labute approximate surface area is 183 Å². The van der Waals surface area contributed by atoms with Crippen molar-refractivity contribution in [3.63, 3.8) is 0 Å². The van der Waals surface area contributed by atoms with Gasteiger partial charge in [-0.3, -0.25) is 14.3 Å². The zero-order valence-corrected chi connectivity index (χ0v) is 18.1. The molecule has 0 spiro atoms. The molecule has 32 heavy (non-hydrogen) atoms. The van der Waals surface area contributed by atoms with Gasteiger partial charge in [-0.05, 0) is 50.1 Å². The third kappa shape index (κ3) is 3.56. The van der Waals surface area contributed by atoms with Crippen molar-refractivity contribution < 1.29 is 13.9 Å².